The van der Waals surface area contributed by atoms with Gasteiger partial charge in [0.2, 0.25) is 0 Å². The third-order valence-electron chi connectivity index (χ3n) is 4.49. The van der Waals surface area contributed by atoms with Gasteiger partial charge in [-0.15, -0.1) is 0 Å². The highest BCUT2D eigenvalue weighted by molar-refractivity contribution is 5.28. The van der Waals surface area contributed by atoms with Crippen LogP contribution in [0.1, 0.15) is 52.0 Å². The zero-order valence-electron chi connectivity index (χ0n) is 11.5. The molecule has 1 saturated carbocycles. The molecular weight excluding hydrogens is 206 g/mol. The van der Waals surface area contributed by atoms with Crippen molar-refractivity contribution in [3.8, 4) is 0 Å². The molecule has 17 heavy (non-hydrogen) atoms. The molecule has 1 unspecified atom stereocenters. The average molecular weight is 231 g/mol. The quantitative estimate of drug-likeness (QED) is 0.834. The Hall–Kier alpha value is -0.820. The lowest BCUT2D eigenvalue weighted by atomic mass is 9.67. The van der Waals surface area contributed by atoms with Crippen LogP contribution in [0, 0.1) is 11.3 Å². The molecular formula is C16H25N. The summed E-state index contributed by atoms with van der Waals surface area (Å²) in [4.78, 5) is 0. The third-order valence-corrected chi connectivity index (χ3v) is 4.49. The SMILES string of the molecule is CC(C)C(c1ccccc1)C1(C(C)(C)N)CC1. The summed E-state index contributed by atoms with van der Waals surface area (Å²) in [6.45, 7) is 9.03. The summed E-state index contributed by atoms with van der Waals surface area (Å²) in [6.07, 6.45) is 2.54. The number of nitrogens with two attached hydrogens (primary N) is 1. The van der Waals surface area contributed by atoms with Gasteiger partial charge >= 0.3 is 0 Å². The lowest BCUT2D eigenvalue weighted by molar-refractivity contribution is 0.204. The van der Waals surface area contributed by atoms with E-state index < -0.39 is 0 Å². The predicted octanol–water partition coefficient (Wildman–Crippen LogP) is 3.94. The van der Waals surface area contributed by atoms with E-state index in [-0.39, 0.29) is 5.54 Å². The van der Waals surface area contributed by atoms with Crippen LogP contribution in [-0.2, 0) is 0 Å². The summed E-state index contributed by atoms with van der Waals surface area (Å²) in [5, 5.41) is 0. The van der Waals surface area contributed by atoms with E-state index in [0.29, 0.717) is 17.3 Å². The van der Waals surface area contributed by atoms with Crippen molar-refractivity contribution in [2.45, 2.75) is 52.0 Å². The van der Waals surface area contributed by atoms with E-state index in [1.54, 1.807) is 0 Å². The summed E-state index contributed by atoms with van der Waals surface area (Å²) in [7, 11) is 0. The van der Waals surface area contributed by atoms with Gasteiger partial charge in [-0.05, 0) is 49.5 Å². The van der Waals surface area contributed by atoms with E-state index in [1.165, 1.54) is 18.4 Å². The molecule has 0 spiro atoms. The maximum atomic E-state index is 6.45. The molecule has 1 atom stereocenters. The lowest BCUT2D eigenvalue weighted by Gasteiger charge is -2.40. The highest BCUT2D eigenvalue weighted by Crippen LogP contribution is 2.63. The molecule has 94 valence electrons. The first-order chi connectivity index (χ1) is 7.88. The van der Waals surface area contributed by atoms with E-state index in [0.717, 1.165) is 0 Å². The zero-order chi connectivity index (χ0) is 12.7. The molecule has 0 radical (unpaired) electrons. The van der Waals surface area contributed by atoms with Gasteiger partial charge in [-0.1, -0.05) is 44.2 Å². The molecule has 0 heterocycles. The largest absolute Gasteiger partial charge is 0.325 e. The molecule has 2 N–H and O–H groups in total. The minimum absolute atomic E-state index is 0.0855. The van der Waals surface area contributed by atoms with Crippen LogP contribution >= 0.6 is 0 Å². The minimum Gasteiger partial charge on any atom is -0.325 e. The molecule has 0 amide bonds. The Morgan fingerprint density at radius 1 is 1.12 bits per heavy atom. The smallest absolute Gasteiger partial charge is 0.0160 e. The molecule has 1 fully saturated rings. The Bertz CT molecular complexity index is 368. The molecule has 1 nitrogen and oxygen atoms in total. The van der Waals surface area contributed by atoms with Crippen molar-refractivity contribution >= 4 is 0 Å². The van der Waals surface area contributed by atoms with Gasteiger partial charge in [0.1, 0.15) is 0 Å². The first-order valence-electron chi connectivity index (χ1n) is 6.72. The Labute approximate surface area is 105 Å². The van der Waals surface area contributed by atoms with Gasteiger partial charge in [-0.2, -0.15) is 0 Å². The second-order valence-electron chi connectivity index (χ2n) is 6.51. The normalized spacial score (nSPS) is 20.4. The van der Waals surface area contributed by atoms with Gasteiger partial charge in [-0.3, -0.25) is 0 Å². The van der Waals surface area contributed by atoms with Gasteiger partial charge in [0.15, 0.2) is 0 Å². The number of benzene rings is 1. The fraction of sp³-hybridized carbons (Fsp3) is 0.625. The average Bonchev–Trinajstić information content (AvgIpc) is 2.99. The van der Waals surface area contributed by atoms with Gasteiger partial charge in [-0.25, -0.2) is 0 Å². The number of hydrogen-bond donors (Lipinski definition) is 1. The summed E-state index contributed by atoms with van der Waals surface area (Å²) < 4.78 is 0. The Kier molecular flexibility index (Phi) is 3.07. The van der Waals surface area contributed by atoms with Gasteiger partial charge in [0.25, 0.3) is 0 Å². The van der Waals surface area contributed by atoms with E-state index in [1.807, 2.05) is 0 Å². The number of hydrogen-bond acceptors (Lipinski definition) is 1. The van der Waals surface area contributed by atoms with E-state index in [4.69, 9.17) is 5.73 Å². The van der Waals surface area contributed by atoms with Crippen LogP contribution in [0.15, 0.2) is 30.3 Å². The topological polar surface area (TPSA) is 26.0 Å². The molecule has 0 aromatic heterocycles. The highest BCUT2D eigenvalue weighted by Gasteiger charge is 2.58. The molecule has 1 heteroatoms. The first-order valence-corrected chi connectivity index (χ1v) is 6.72. The second-order valence-corrected chi connectivity index (χ2v) is 6.51. The summed E-state index contributed by atoms with van der Waals surface area (Å²) in [6, 6.07) is 10.9. The van der Waals surface area contributed by atoms with Crippen molar-refractivity contribution in [1.82, 2.24) is 0 Å². The van der Waals surface area contributed by atoms with Crippen molar-refractivity contribution in [3.63, 3.8) is 0 Å². The van der Waals surface area contributed by atoms with E-state index >= 15 is 0 Å². The van der Waals surface area contributed by atoms with Crippen molar-refractivity contribution in [3.05, 3.63) is 35.9 Å². The van der Waals surface area contributed by atoms with Crippen molar-refractivity contribution in [2.24, 2.45) is 17.1 Å². The summed E-state index contributed by atoms with van der Waals surface area (Å²) in [5.74, 6) is 1.23. The maximum Gasteiger partial charge on any atom is 0.0160 e. The predicted molar refractivity (Wildman–Crippen MR) is 74.0 cm³/mol. The van der Waals surface area contributed by atoms with Crippen LogP contribution in [-0.4, -0.2) is 5.54 Å². The molecule has 0 saturated heterocycles. The molecule has 0 bridgehead atoms. The Morgan fingerprint density at radius 3 is 2.00 bits per heavy atom. The van der Waals surface area contributed by atoms with Crippen LogP contribution < -0.4 is 5.73 Å². The number of rotatable bonds is 4. The molecule has 1 aromatic rings. The van der Waals surface area contributed by atoms with Crippen LogP contribution in [0.25, 0.3) is 0 Å². The summed E-state index contributed by atoms with van der Waals surface area (Å²) in [5.41, 5.74) is 8.13. The molecule has 2 rings (SSSR count). The van der Waals surface area contributed by atoms with Gasteiger partial charge < -0.3 is 5.73 Å². The summed E-state index contributed by atoms with van der Waals surface area (Å²) >= 11 is 0. The van der Waals surface area contributed by atoms with Crippen LogP contribution in [0.2, 0.25) is 0 Å². The van der Waals surface area contributed by atoms with Crippen molar-refractivity contribution < 1.29 is 0 Å². The van der Waals surface area contributed by atoms with Crippen LogP contribution in [0.5, 0.6) is 0 Å². The standard InChI is InChI=1S/C16H25N/c1-12(2)14(13-8-6-5-7-9-13)16(10-11-16)15(3,4)17/h5-9,12,14H,10-11,17H2,1-4H3. The van der Waals surface area contributed by atoms with Crippen molar-refractivity contribution in [2.75, 3.05) is 0 Å². The maximum absolute atomic E-state index is 6.45. The minimum atomic E-state index is -0.0855. The Balaban J connectivity index is 2.38. The van der Waals surface area contributed by atoms with E-state index in [2.05, 4.69) is 58.0 Å². The molecule has 1 aliphatic carbocycles. The van der Waals surface area contributed by atoms with Gasteiger partial charge in [0, 0.05) is 5.54 Å². The fourth-order valence-electron chi connectivity index (χ4n) is 3.49. The third kappa shape index (κ3) is 2.13. The van der Waals surface area contributed by atoms with Crippen molar-refractivity contribution in [1.29, 1.82) is 0 Å². The highest BCUT2D eigenvalue weighted by atomic mass is 14.8. The second kappa shape index (κ2) is 4.13. The molecule has 1 aromatic carbocycles. The van der Waals surface area contributed by atoms with Crippen LogP contribution in [0.3, 0.4) is 0 Å². The lowest BCUT2D eigenvalue weighted by Crippen LogP contribution is -2.46. The monoisotopic (exact) mass is 231 g/mol. The first kappa shape index (κ1) is 12.6. The van der Waals surface area contributed by atoms with E-state index in [9.17, 15) is 0 Å². The fourth-order valence-corrected chi connectivity index (χ4v) is 3.49. The Morgan fingerprint density at radius 2 is 1.65 bits per heavy atom. The zero-order valence-corrected chi connectivity index (χ0v) is 11.5. The molecule has 0 aliphatic heterocycles. The van der Waals surface area contributed by atoms with Crippen LogP contribution in [0.4, 0.5) is 0 Å². The molecule has 1 aliphatic rings. The van der Waals surface area contributed by atoms with Gasteiger partial charge in [0.05, 0.1) is 0 Å².